The predicted molar refractivity (Wildman–Crippen MR) is 89.0 cm³/mol. The summed E-state index contributed by atoms with van der Waals surface area (Å²) in [5.41, 5.74) is 0.275. The third-order valence-electron chi connectivity index (χ3n) is 3.66. The number of hydrogen-bond donors (Lipinski definition) is 1. The average Bonchev–Trinajstić information content (AvgIpc) is 2.85. The van der Waals surface area contributed by atoms with Gasteiger partial charge in [-0.3, -0.25) is 9.69 Å². The molecule has 2 heterocycles. The van der Waals surface area contributed by atoms with Gasteiger partial charge in [-0.05, 0) is 27.2 Å². The minimum Gasteiger partial charge on any atom is -0.444 e. The molecular formula is C16H26N4O4. The number of hydrogen-bond acceptors (Lipinski definition) is 5. The van der Waals surface area contributed by atoms with Crippen LogP contribution >= 0.6 is 0 Å². The summed E-state index contributed by atoms with van der Waals surface area (Å²) < 4.78 is 12.1. The number of anilines is 1. The Morgan fingerprint density at radius 3 is 2.79 bits per heavy atom. The van der Waals surface area contributed by atoms with E-state index < -0.39 is 17.7 Å². The molecule has 24 heavy (non-hydrogen) atoms. The second-order valence-corrected chi connectivity index (χ2v) is 6.84. The number of methoxy groups -OCH3 is 1. The molecule has 8 heteroatoms. The first-order valence-electron chi connectivity index (χ1n) is 8.04. The van der Waals surface area contributed by atoms with E-state index in [4.69, 9.17) is 9.47 Å². The van der Waals surface area contributed by atoms with Crippen molar-refractivity contribution >= 4 is 17.8 Å². The summed E-state index contributed by atoms with van der Waals surface area (Å²) in [6.07, 6.45) is 0.563. The van der Waals surface area contributed by atoms with Crippen LogP contribution in [0, 0.1) is 0 Å². The number of alkyl carbamates (subject to hydrolysis) is 1. The van der Waals surface area contributed by atoms with E-state index in [2.05, 4.69) is 10.4 Å². The van der Waals surface area contributed by atoms with Crippen molar-refractivity contribution < 1.29 is 19.1 Å². The number of fused-ring (bicyclic) bond motifs is 1. The lowest BCUT2D eigenvalue weighted by Crippen LogP contribution is -2.48. The van der Waals surface area contributed by atoms with Gasteiger partial charge in [0.2, 0.25) is 0 Å². The van der Waals surface area contributed by atoms with Gasteiger partial charge in [0.25, 0.3) is 5.91 Å². The zero-order valence-corrected chi connectivity index (χ0v) is 15.0. The monoisotopic (exact) mass is 338 g/mol. The van der Waals surface area contributed by atoms with E-state index in [1.54, 1.807) is 39.6 Å². The number of ether oxygens (including phenoxy) is 2. The predicted octanol–water partition coefficient (Wildman–Crippen LogP) is 1.33. The molecule has 134 valence electrons. The Labute approximate surface area is 142 Å². The van der Waals surface area contributed by atoms with Gasteiger partial charge in [-0.1, -0.05) is 0 Å². The lowest BCUT2D eigenvalue weighted by Gasteiger charge is -2.24. The molecule has 0 saturated heterocycles. The van der Waals surface area contributed by atoms with Crippen LogP contribution in [-0.4, -0.2) is 54.2 Å². The molecule has 0 radical (unpaired) electrons. The number of nitrogens with one attached hydrogen (secondary N) is 1. The molecule has 8 nitrogen and oxygen atoms in total. The molecule has 1 N–H and O–H groups in total. The summed E-state index contributed by atoms with van der Waals surface area (Å²) in [6.45, 7) is 6.47. The molecule has 1 aliphatic rings. The van der Waals surface area contributed by atoms with Crippen molar-refractivity contribution in [2.24, 2.45) is 0 Å². The minimum absolute atomic E-state index is 0.183. The van der Waals surface area contributed by atoms with Crippen molar-refractivity contribution in [3.63, 3.8) is 0 Å². The fourth-order valence-electron chi connectivity index (χ4n) is 2.53. The van der Waals surface area contributed by atoms with Crippen LogP contribution in [0.3, 0.4) is 0 Å². The molecule has 0 bridgehead atoms. The van der Waals surface area contributed by atoms with Crippen molar-refractivity contribution in [3.05, 3.63) is 11.8 Å². The summed E-state index contributed by atoms with van der Waals surface area (Å²) >= 11 is 0. The lowest BCUT2D eigenvalue weighted by molar-refractivity contribution is -0.120. The fourth-order valence-corrected chi connectivity index (χ4v) is 2.53. The van der Waals surface area contributed by atoms with Gasteiger partial charge in [0.05, 0.1) is 12.3 Å². The number of aryl methyl sites for hydroxylation is 1. The maximum atomic E-state index is 12.6. The number of amides is 2. The highest BCUT2D eigenvalue weighted by Gasteiger charge is 2.31. The zero-order chi connectivity index (χ0) is 17.9. The van der Waals surface area contributed by atoms with Gasteiger partial charge >= 0.3 is 6.09 Å². The maximum absolute atomic E-state index is 12.6. The molecule has 0 spiro atoms. The molecule has 0 saturated carbocycles. The topological polar surface area (TPSA) is 85.7 Å². The normalized spacial score (nSPS) is 18.1. The summed E-state index contributed by atoms with van der Waals surface area (Å²) in [7, 11) is 3.33. The Kier molecular flexibility index (Phi) is 5.48. The second kappa shape index (κ2) is 7.21. The maximum Gasteiger partial charge on any atom is 0.408 e. The Bertz CT molecular complexity index is 606. The molecule has 2 amide bonds. The third kappa shape index (κ3) is 4.47. The third-order valence-corrected chi connectivity index (χ3v) is 3.66. The van der Waals surface area contributed by atoms with Gasteiger partial charge < -0.3 is 14.8 Å². The molecule has 1 aromatic rings. The van der Waals surface area contributed by atoms with Gasteiger partial charge in [-0.2, -0.15) is 5.10 Å². The van der Waals surface area contributed by atoms with Crippen molar-refractivity contribution in [1.82, 2.24) is 15.1 Å². The SMILES string of the molecule is COCCc1cc2n(n1)CCC(NC(=O)OC(C)(C)C)C(=O)N2C. The van der Waals surface area contributed by atoms with Crippen LogP contribution < -0.4 is 10.2 Å². The molecular weight excluding hydrogens is 312 g/mol. The van der Waals surface area contributed by atoms with E-state index in [1.165, 1.54) is 4.90 Å². The highest BCUT2D eigenvalue weighted by atomic mass is 16.6. The minimum atomic E-state index is -0.631. The van der Waals surface area contributed by atoms with Gasteiger partial charge in [-0.25, -0.2) is 9.48 Å². The van der Waals surface area contributed by atoms with Crippen molar-refractivity contribution in [1.29, 1.82) is 0 Å². The zero-order valence-electron chi connectivity index (χ0n) is 15.0. The van der Waals surface area contributed by atoms with Crippen LogP contribution in [0.5, 0.6) is 0 Å². The van der Waals surface area contributed by atoms with Crippen LogP contribution in [0.25, 0.3) is 0 Å². The molecule has 2 rings (SSSR count). The first kappa shape index (κ1) is 18.3. The van der Waals surface area contributed by atoms with Crippen molar-refractivity contribution in [2.45, 2.75) is 51.8 Å². The summed E-state index contributed by atoms with van der Waals surface area (Å²) in [5, 5.41) is 7.16. The Morgan fingerprint density at radius 1 is 1.46 bits per heavy atom. The van der Waals surface area contributed by atoms with Crippen molar-refractivity contribution in [3.8, 4) is 0 Å². The molecule has 0 aliphatic carbocycles. The van der Waals surface area contributed by atoms with Crippen molar-refractivity contribution in [2.75, 3.05) is 25.7 Å². The molecule has 1 aliphatic heterocycles. The second-order valence-electron chi connectivity index (χ2n) is 6.84. The van der Waals surface area contributed by atoms with E-state index in [1.807, 2.05) is 6.07 Å². The lowest BCUT2D eigenvalue weighted by atomic mass is 10.2. The first-order valence-corrected chi connectivity index (χ1v) is 8.04. The Balaban J connectivity index is 2.07. The van der Waals surface area contributed by atoms with E-state index in [0.717, 1.165) is 11.5 Å². The van der Waals surface area contributed by atoms with Gasteiger partial charge in [0, 0.05) is 33.2 Å². The van der Waals surface area contributed by atoms with Crippen LogP contribution in [0.1, 0.15) is 32.9 Å². The largest absolute Gasteiger partial charge is 0.444 e. The van der Waals surface area contributed by atoms with Crippen LogP contribution in [0.2, 0.25) is 0 Å². The summed E-state index contributed by atoms with van der Waals surface area (Å²) in [4.78, 5) is 26.1. The number of carbonyl (C=O) groups is 2. The average molecular weight is 338 g/mol. The van der Waals surface area contributed by atoms with Gasteiger partial charge in [0.15, 0.2) is 0 Å². The van der Waals surface area contributed by atoms with Gasteiger partial charge in [-0.15, -0.1) is 0 Å². The van der Waals surface area contributed by atoms with E-state index in [0.29, 0.717) is 26.0 Å². The fraction of sp³-hybridized carbons (Fsp3) is 0.688. The standard InChI is InChI=1S/C16H26N4O4/c1-16(2,3)24-15(22)17-12-6-8-20-13(19(4)14(12)21)10-11(18-20)7-9-23-5/h10,12H,6-9H2,1-5H3,(H,17,22). The van der Waals surface area contributed by atoms with Crippen LogP contribution in [-0.2, 0) is 27.2 Å². The Morgan fingerprint density at radius 2 is 2.17 bits per heavy atom. The highest BCUT2D eigenvalue weighted by molar-refractivity contribution is 5.98. The number of rotatable bonds is 4. The highest BCUT2D eigenvalue weighted by Crippen LogP contribution is 2.21. The number of nitrogens with zero attached hydrogens (tertiary/aromatic N) is 3. The van der Waals surface area contributed by atoms with Crippen LogP contribution in [0.4, 0.5) is 10.6 Å². The smallest absolute Gasteiger partial charge is 0.408 e. The summed E-state index contributed by atoms with van der Waals surface area (Å²) in [6, 6.07) is 1.25. The summed E-state index contributed by atoms with van der Waals surface area (Å²) in [5.74, 6) is 0.539. The molecule has 1 aromatic heterocycles. The molecule has 0 aromatic carbocycles. The molecule has 1 atom stereocenters. The number of likely N-dealkylation sites (N-methyl/N-ethyl adjacent to an activating group) is 1. The van der Waals surface area contributed by atoms with Gasteiger partial charge in [0.1, 0.15) is 17.5 Å². The molecule has 0 fully saturated rings. The molecule has 1 unspecified atom stereocenters. The number of carbonyl (C=O) groups excluding carboxylic acids is 2. The van der Waals surface area contributed by atoms with E-state index in [9.17, 15) is 9.59 Å². The quantitative estimate of drug-likeness (QED) is 0.895. The first-order chi connectivity index (χ1) is 11.2. The Hall–Kier alpha value is -2.09. The van der Waals surface area contributed by atoms with Crippen LogP contribution in [0.15, 0.2) is 6.07 Å². The van der Waals surface area contributed by atoms with E-state index >= 15 is 0 Å². The van der Waals surface area contributed by atoms with E-state index in [-0.39, 0.29) is 5.91 Å². The number of aromatic nitrogens is 2.